The van der Waals surface area contributed by atoms with Gasteiger partial charge in [0.2, 0.25) is 0 Å². The number of methoxy groups -OCH3 is 2. The Morgan fingerprint density at radius 1 is 1.15 bits per heavy atom. The molecule has 0 saturated heterocycles. The van der Waals surface area contributed by atoms with Gasteiger partial charge in [0, 0.05) is 10.6 Å². The van der Waals surface area contributed by atoms with Crippen LogP contribution in [-0.2, 0) is 11.3 Å². The van der Waals surface area contributed by atoms with Crippen LogP contribution < -0.4 is 19.7 Å². The number of aryl methyl sites for hydroxylation is 1. The van der Waals surface area contributed by atoms with Gasteiger partial charge in [-0.15, -0.1) is 0 Å². The van der Waals surface area contributed by atoms with E-state index in [1.165, 1.54) is 0 Å². The summed E-state index contributed by atoms with van der Waals surface area (Å²) in [4.78, 5) is 13.7. The number of quaternary nitrogens is 1. The number of amides is 1. The van der Waals surface area contributed by atoms with Crippen LogP contribution in [0.25, 0.3) is 0 Å². The van der Waals surface area contributed by atoms with Gasteiger partial charge in [0.05, 0.1) is 27.0 Å². The molecule has 140 valence electrons. The molecule has 0 saturated carbocycles. The van der Waals surface area contributed by atoms with Crippen molar-refractivity contribution >= 4 is 23.2 Å². The summed E-state index contributed by atoms with van der Waals surface area (Å²) in [7, 11) is 5.20. The van der Waals surface area contributed by atoms with E-state index in [1.807, 2.05) is 33.0 Å². The topological polar surface area (TPSA) is 52.0 Å². The van der Waals surface area contributed by atoms with E-state index in [9.17, 15) is 4.79 Å². The monoisotopic (exact) mass is 377 g/mol. The molecule has 2 aromatic rings. The highest BCUT2D eigenvalue weighted by Gasteiger charge is 2.24. The number of carbonyl (C=O) groups is 1. The zero-order chi connectivity index (χ0) is 19.3. The Bertz CT molecular complexity index is 780. The molecule has 2 aromatic carbocycles. The average Bonchev–Trinajstić information content (AvgIpc) is 2.61. The molecule has 0 fully saturated rings. The fraction of sp³-hybridized carbons (Fsp3) is 0.350. The lowest BCUT2D eigenvalue weighted by atomic mass is 10.1. The van der Waals surface area contributed by atoms with Crippen molar-refractivity contribution in [2.24, 2.45) is 0 Å². The second-order valence-corrected chi connectivity index (χ2v) is 6.83. The molecule has 0 heterocycles. The van der Waals surface area contributed by atoms with E-state index < -0.39 is 0 Å². The first-order chi connectivity index (χ1) is 12.3. The molecule has 0 spiro atoms. The number of rotatable bonds is 7. The lowest BCUT2D eigenvalue weighted by Gasteiger charge is -2.22. The Morgan fingerprint density at radius 2 is 1.81 bits per heavy atom. The number of likely N-dealkylation sites (N-methyl/N-ethyl adjacent to an activating group) is 1. The Hall–Kier alpha value is -2.24. The number of ether oxygens (including phenoxy) is 2. The molecule has 0 aliphatic carbocycles. The molecule has 5 nitrogen and oxygen atoms in total. The molecule has 0 aliphatic rings. The summed E-state index contributed by atoms with van der Waals surface area (Å²) < 4.78 is 10.7. The number of benzene rings is 2. The Labute approximate surface area is 159 Å². The van der Waals surface area contributed by atoms with Crippen molar-refractivity contribution in [3.63, 3.8) is 0 Å². The smallest absolute Gasteiger partial charge is 0.282 e. The first kappa shape index (κ1) is 20.1. The summed E-state index contributed by atoms with van der Waals surface area (Å²) in [5.41, 5.74) is 2.80. The largest absolute Gasteiger partial charge is 0.496 e. The van der Waals surface area contributed by atoms with Crippen molar-refractivity contribution in [3.8, 4) is 11.5 Å². The molecule has 2 N–H and O–H groups in total. The standard InChI is InChI=1S/C20H25ClN2O3/c1-13-6-8-18(25-4)15(10-13)12-23(3)14(2)20(24)22-17-11-16(21)7-9-19(17)26-5/h6-11,14H,12H2,1-5H3,(H,22,24)/p+1/t14-/m0/s1. The molecule has 0 aromatic heterocycles. The van der Waals surface area contributed by atoms with Gasteiger partial charge < -0.3 is 19.7 Å². The highest BCUT2D eigenvalue weighted by atomic mass is 35.5. The van der Waals surface area contributed by atoms with Crippen LogP contribution in [0.1, 0.15) is 18.1 Å². The number of hydrogen-bond acceptors (Lipinski definition) is 3. The first-order valence-corrected chi connectivity index (χ1v) is 8.83. The van der Waals surface area contributed by atoms with E-state index in [2.05, 4.69) is 11.4 Å². The summed E-state index contributed by atoms with van der Waals surface area (Å²) >= 11 is 6.03. The highest BCUT2D eigenvalue weighted by Crippen LogP contribution is 2.27. The summed E-state index contributed by atoms with van der Waals surface area (Å²) in [6.45, 7) is 4.61. The number of halogens is 1. The van der Waals surface area contributed by atoms with Crippen LogP contribution >= 0.6 is 11.6 Å². The van der Waals surface area contributed by atoms with E-state index in [4.69, 9.17) is 21.1 Å². The van der Waals surface area contributed by atoms with Crippen molar-refractivity contribution < 1.29 is 19.2 Å². The van der Waals surface area contributed by atoms with Crippen molar-refractivity contribution in [3.05, 3.63) is 52.5 Å². The summed E-state index contributed by atoms with van der Waals surface area (Å²) in [6.07, 6.45) is 0. The van der Waals surface area contributed by atoms with Gasteiger partial charge >= 0.3 is 0 Å². The van der Waals surface area contributed by atoms with Crippen LogP contribution in [0.3, 0.4) is 0 Å². The van der Waals surface area contributed by atoms with Crippen LogP contribution in [-0.4, -0.2) is 33.2 Å². The number of nitrogens with one attached hydrogen (secondary N) is 2. The van der Waals surface area contributed by atoms with E-state index >= 15 is 0 Å². The van der Waals surface area contributed by atoms with E-state index in [0.29, 0.717) is 23.0 Å². The molecule has 1 unspecified atom stereocenters. The van der Waals surface area contributed by atoms with E-state index in [-0.39, 0.29) is 11.9 Å². The zero-order valence-corrected chi connectivity index (χ0v) is 16.6. The van der Waals surface area contributed by atoms with Crippen LogP contribution in [0, 0.1) is 6.92 Å². The second kappa shape index (κ2) is 8.92. The second-order valence-electron chi connectivity index (χ2n) is 6.39. The van der Waals surface area contributed by atoms with Crippen LogP contribution in [0.5, 0.6) is 11.5 Å². The number of hydrogen-bond donors (Lipinski definition) is 2. The van der Waals surface area contributed by atoms with Gasteiger partial charge in [0.25, 0.3) is 5.91 Å². The molecule has 1 amide bonds. The maximum absolute atomic E-state index is 12.7. The third kappa shape index (κ3) is 4.90. The Kier molecular flexibility index (Phi) is 6.89. The van der Waals surface area contributed by atoms with Gasteiger partial charge in [0.1, 0.15) is 18.0 Å². The molecule has 2 atom stereocenters. The number of anilines is 1. The summed E-state index contributed by atoms with van der Waals surface area (Å²) in [5.74, 6) is 1.31. The number of carbonyl (C=O) groups excluding carboxylic acids is 1. The predicted octanol–water partition coefficient (Wildman–Crippen LogP) is 2.71. The van der Waals surface area contributed by atoms with Gasteiger partial charge in [-0.1, -0.05) is 23.2 Å². The highest BCUT2D eigenvalue weighted by molar-refractivity contribution is 6.31. The Balaban J connectivity index is 2.11. The lowest BCUT2D eigenvalue weighted by molar-refractivity contribution is -0.907. The van der Waals surface area contributed by atoms with Gasteiger partial charge in [-0.3, -0.25) is 4.79 Å². The zero-order valence-electron chi connectivity index (χ0n) is 15.9. The van der Waals surface area contributed by atoms with Crippen LogP contribution in [0.15, 0.2) is 36.4 Å². The maximum atomic E-state index is 12.7. The normalized spacial score (nSPS) is 13.0. The van der Waals surface area contributed by atoms with Gasteiger partial charge in [-0.25, -0.2) is 0 Å². The molecule has 2 rings (SSSR count). The average molecular weight is 378 g/mol. The van der Waals surface area contributed by atoms with Crippen LogP contribution in [0.2, 0.25) is 5.02 Å². The molecular formula is C20H26ClN2O3+. The molecule has 26 heavy (non-hydrogen) atoms. The molecular weight excluding hydrogens is 352 g/mol. The van der Waals surface area contributed by atoms with Gasteiger partial charge in [-0.2, -0.15) is 0 Å². The van der Waals surface area contributed by atoms with Gasteiger partial charge in [-0.05, 0) is 44.2 Å². The molecule has 0 aliphatic heterocycles. The molecule has 6 heteroatoms. The fourth-order valence-electron chi connectivity index (χ4n) is 2.74. The quantitative estimate of drug-likeness (QED) is 0.780. The summed E-state index contributed by atoms with van der Waals surface area (Å²) in [6, 6.07) is 10.9. The van der Waals surface area contributed by atoms with Gasteiger partial charge in [0.15, 0.2) is 6.04 Å². The molecule has 0 radical (unpaired) electrons. The minimum Gasteiger partial charge on any atom is -0.496 e. The van der Waals surface area contributed by atoms with Crippen LogP contribution in [0.4, 0.5) is 5.69 Å². The first-order valence-electron chi connectivity index (χ1n) is 8.46. The third-order valence-electron chi connectivity index (χ3n) is 4.46. The SMILES string of the molecule is COc1ccc(C)cc1C[NH+](C)[C@@H](C)C(=O)Nc1cc(Cl)ccc1OC. The third-order valence-corrected chi connectivity index (χ3v) is 4.69. The van der Waals surface area contributed by atoms with Crippen molar-refractivity contribution in [2.75, 3.05) is 26.6 Å². The summed E-state index contributed by atoms with van der Waals surface area (Å²) in [5, 5.41) is 3.45. The minimum atomic E-state index is -0.274. The van der Waals surface area contributed by atoms with Crippen molar-refractivity contribution in [2.45, 2.75) is 26.4 Å². The Morgan fingerprint density at radius 3 is 2.46 bits per heavy atom. The van der Waals surface area contributed by atoms with E-state index in [0.717, 1.165) is 21.8 Å². The van der Waals surface area contributed by atoms with E-state index in [1.54, 1.807) is 32.4 Å². The lowest BCUT2D eigenvalue weighted by Crippen LogP contribution is -3.12. The predicted molar refractivity (Wildman–Crippen MR) is 104 cm³/mol. The maximum Gasteiger partial charge on any atom is 0.282 e. The van der Waals surface area contributed by atoms with Crippen molar-refractivity contribution in [1.82, 2.24) is 0 Å². The minimum absolute atomic E-state index is 0.102. The van der Waals surface area contributed by atoms with Crippen molar-refractivity contribution in [1.29, 1.82) is 0 Å². The fourth-order valence-corrected chi connectivity index (χ4v) is 2.91. The molecule has 0 bridgehead atoms.